The van der Waals surface area contributed by atoms with Gasteiger partial charge in [-0.1, -0.05) is 0 Å². The van der Waals surface area contributed by atoms with Crippen LogP contribution in [0.5, 0.6) is 0 Å². The van der Waals surface area contributed by atoms with E-state index >= 15 is 0 Å². The molecule has 0 aromatic carbocycles. The lowest BCUT2D eigenvalue weighted by molar-refractivity contribution is -0.0315. The van der Waals surface area contributed by atoms with Crippen LogP contribution in [0.15, 0.2) is 18.3 Å². The maximum atomic E-state index is 6.04. The van der Waals surface area contributed by atoms with Crippen molar-refractivity contribution in [3.63, 3.8) is 0 Å². The second kappa shape index (κ2) is 6.59. The Morgan fingerprint density at radius 1 is 1.27 bits per heavy atom. The van der Waals surface area contributed by atoms with E-state index in [1.165, 1.54) is 43.0 Å². The van der Waals surface area contributed by atoms with Crippen molar-refractivity contribution >= 4 is 22.9 Å². The van der Waals surface area contributed by atoms with Crippen LogP contribution in [0.4, 0.5) is 0 Å². The van der Waals surface area contributed by atoms with Gasteiger partial charge in [0.2, 0.25) is 0 Å². The monoisotopic (exact) mass is 317 g/mol. The van der Waals surface area contributed by atoms with Crippen LogP contribution in [0.2, 0.25) is 0 Å². The summed E-state index contributed by atoms with van der Waals surface area (Å²) < 4.78 is 8.32. The van der Waals surface area contributed by atoms with Crippen LogP contribution in [0.25, 0.3) is 11.2 Å². The van der Waals surface area contributed by atoms with Crippen LogP contribution in [0.3, 0.4) is 0 Å². The number of rotatable bonds is 3. The van der Waals surface area contributed by atoms with Crippen LogP contribution in [-0.2, 0) is 11.2 Å². The Kier molecular flexibility index (Phi) is 4.35. The Balaban J connectivity index is 1.68. The molecule has 4 rings (SSSR count). The molecule has 0 spiro atoms. The van der Waals surface area contributed by atoms with Gasteiger partial charge in [0.05, 0.1) is 0 Å². The summed E-state index contributed by atoms with van der Waals surface area (Å²) in [6.45, 7) is 0.857. The Morgan fingerprint density at radius 2 is 2.27 bits per heavy atom. The molecule has 0 N–H and O–H groups in total. The fraction of sp³-hybridized carbons (Fsp3) is 0.647. The zero-order chi connectivity index (χ0) is 14.8. The SMILES string of the molecule is c1cnc2c(c1)nc(CC1CCCSC1)n2C1CCCCO1. The number of thioether (sulfide) groups is 1. The average Bonchev–Trinajstić information content (AvgIpc) is 2.94. The lowest BCUT2D eigenvalue weighted by atomic mass is 10.0. The van der Waals surface area contributed by atoms with E-state index in [2.05, 4.69) is 27.4 Å². The van der Waals surface area contributed by atoms with E-state index in [0.717, 1.165) is 36.5 Å². The van der Waals surface area contributed by atoms with E-state index in [4.69, 9.17) is 9.72 Å². The molecule has 2 aromatic heterocycles. The van der Waals surface area contributed by atoms with Gasteiger partial charge in [-0.25, -0.2) is 9.97 Å². The van der Waals surface area contributed by atoms with Crippen molar-refractivity contribution in [2.45, 2.75) is 44.8 Å². The molecule has 4 nitrogen and oxygen atoms in total. The van der Waals surface area contributed by atoms with Crippen molar-refractivity contribution in [3.8, 4) is 0 Å². The quantitative estimate of drug-likeness (QED) is 0.863. The molecule has 0 bridgehead atoms. The molecule has 0 amide bonds. The summed E-state index contributed by atoms with van der Waals surface area (Å²) in [6, 6.07) is 4.04. The van der Waals surface area contributed by atoms with Crippen LogP contribution in [-0.4, -0.2) is 32.6 Å². The standard InChI is InChI=1S/C17H23N3OS/c1-2-9-21-16(7-1)20-15(11-13-5-4-10-22-12-13)19-14-6-3-8-18-17(14)20/h3,6,8,13,16H,1-2,4-5,7,9-12H2. The predicted octanol–water partition coefficient (Wildman–Crippen LogP) is 3.82. The lowest BCUT2D eigenvalue weighted by Crippen LogP contribution is -2.22. The average molecular weight is 317 g/mol. The zero-order valence-electron chi connectivity index (χ0n) is 12.9. The minimum absolute atomic E-state index is 0.125. The molecule has 4 heterocycles. The van der Waals surface area contributed by atoms with Crippen molar-refractivity contribution < 1.29 is 4.74 Å². The molecule has 0 radical (unpaired) electrons. The number of ether oxygens (including phenoxy) is 1. The van der Waals surface area contributed by atoms with Crippen molar-refractivity contribution in [2.75, 3.05) is 18.1 Å². The Bertz CT molecular complexity index is 630. The lowest BCUT2D eigenvalue weighted by Gasteiger charge is -2.27. The summed E-state index contributed by atoms with van der Waals surface area (Å²) in [5.41, 5.74) is 2.00. The smallest absolute Gasteiger partial charge is 0.162 e. The highest BCUT2D eigenvalue weighted by Crippen LogP contribution is 2.31. The summed E-state index contributed by atoms with van der Waals surface area (Å²) in [5.74, 6) is 4.51. The number of aromatic nitrogens is 3. The van der Waals surface area contributed by atoms with Crippen LogP contribution >= 0.6 is 11.8 Å². The molecular weight excluding hydrogens is 294 g/mol. The fourth-order valence-electron chi connectivity index (χ4n) is 3.58. The molecule has 2 saturated heterocycles. The largest absolute Gasteiger partial charge is 0.358 e. The predicted molar refractivity (Wildman–Crippen MR) is 90.1 cm³/mol. The summed E-state index contributed by atoms with van der Waals surface area (Å²) in [6.07, 6.45) is 9.20. The summed E-state index contributed by atoms with van der Waals surface area (Å²) in [4.78, 5) is 9.48. The molecule has 2 fully saturated rings. The fourth-order valence-corrected chi connectivity index (χ4v) is 4.73. The van der Waals surface area contributed by atoms with E-state index < -0.39 is 0 Å². The zero-order valence-corrected chi connectivity index (χ0v) is 13.7. The van der Waals surface area contributed by atoms with Crippen molar-refractivity contribution in [2.24, 2.45) is 5.92 Å². The first kappa shape index (κ1) is 14.5. The first-order chi connectivity index (χ1) is 10.9. The summed E-state index contributed by atoms with van der Waals surface area (Å²) >= 11 is 2.09. The van der Waals surface area contributed by atoms with Gasteiger partial charge in [0.15, 0.2) is 5.65 Å². The molecule has 118 valence electrons. The molecule has 2 aliphatic rings. The van der Waals surface area contributed by atoms with Crippen LogP contribution in [0.1, 0.15) is 44.2 Å². The van der Waals surface area contributed by atoms with Crippen LogP contribution < -0.4 is 0 Å². The molecule has 2 aromatic rings. The number of hydrogen-bond donors (Lipinski definition) is 0. The molecule has 0 aliphatic carbocycles. The molecule has 0 saturated carbocycles. The van der Waals surface area contributed by atoms with Crippen LogP contribution in [0, 0.1) is 5.92 Å². The Morgan fingerprint density at radius 3 is 3.09 bits per heavy atom. The molecule has 5 heteroatoms. The third-order valence-electron chi connectivity index (χ3n) is 4.69. The molecule has 22 heavy (non-hydrogen) atoms. The molecular formula is C17H23N3OS. The minimum atomic E-state index is 0.125. The van der Waals surface area contributed by atoms with Gasteiger partial charge in [-0.2, -0.15) is 11.8 Å². The van der Waals surface area contributed by atoms with Gasteiger partial charge in [-0.05, 0) is 61.7 Å². The third-order valence-corrected chi connectivity index (χ3v) is 5.98. The normalized spacial score (nSPS) is 26.4. The highest BCUT2D eigenvalue weighted by atomic mass is 32.2. The maximum Gasteiger partial charge on any atom is 0.162 e. The Hall–Kier alpha value is -1.07. The van der Waals surface area contributed by atoms with Gasteiger partial charge >= 0.3 is 0 Å². The third kappa shape index (κ3) is 2.88. The first-order valence-corrected chi connectivity index (χ1v) is 9.58. The number of fused-ring (bicyclic) bond motifs is 1. The topological polar surface area (TPSA) is 39.9 Å². The second-order valence-electron chi connectivity index (χ2n) is 6.35. The van der Waals surface area contributed by atoms with E-state index in [1.807, 2.05) is 12.3 Å². The van der Waals surface area contributed by atoms with Gasteiger partial charge in [-0.15, -0.1) is 0 Å². The molecule has 2 atom stereocenters. The van der Waals surface area contributed by atoms with Crippen molar-refractivity contribution in [1.82, 2.24) is 14.5 Å². The first-order valence-electron chi connectivity index (χ1n) is 8.43. The number of pyridine rings is 1. The van der Waals surface area contributed by atoms with Crippen molar-refractivity contribution in [3.05, 3.63) is 24.2 Å². The Labute approximate surface area is 135 Å². The molecule has 2 aliphatic heterocycles. The summed E-state index contributed by atoms with van der Waals surface area (Å²) in [5, 5.41) is 0. The number of nitrogens with zero attached hydrogens (tertiary/aromatic N) is 3. The van der Waals surface area contributed by atoms with E-state index in [9.17, 15) is 0 Å². The minimum Gasteiger partial charge on any atom is -0.358 e. The second-order valence-corrected chi connectivity index (χ2v) is 7.50. The van der Waals surface area contributed by atoms with Gasteiger partial charge in [0.25, 0.3) is 0 Å². The van der Waals surface area contributed by atoms with E-state index in [-0.39, 0.29) is 6.23 Å². The van der Waals surface area contributed by atoms with Gasteiger partial charge in [0.1, 0.15) is 17.6 Å². The van der Waals surface area contributed by atoms with Gasteiger partial charge < -0.3 is 4.74 Å². The van der Waals surface area contributed by atoms with E-state index in [0.29, 0.717) is 0 Å². The highest BCUT2D eigenvalue weighted by molar-refractivity contribution is 7.99. The maximum absolute atomic E-state index is 6.04. The number of imidazole rings is 1. The summed E-state index contributed by atoms with van der Waals surface area (Å²) in [7, 11) is 0. The highest BCUT2D eigenvalue weighted by Gasteiger charge is 2.25. The molecule has 2 unspecified atom stereocenters. The van der Waals surface area contributed by atoms with E-state index in [1.54, 1.807) is 0 Å². The van der Waals surface area contributed by atoms with Crippen molar-refractivity contribution in [1.29, 1.82) is 0 Å². The van der Waals surface area contributed by atoms with Gasteiger partial charge in [-0.3, -0.25) is 4.57 Å². The van der Waals surface area contributed by atoms with Gasteiger partial charge in [0, 0.05) is 19.2 Å². The number of hydrogen-bond acceptors (Lipinski definition) is 4.